The Balaban J connectivity index is 1.60. The summed E-state index contributed by atoms with van der Waals surface area (Å²) in [6.45, 7) is 2.27. The molecule has 1 fully saturated rings. The van der Waals surface area contributed by atoms with Crippen molar-refractivity contribution in [2.24, 2.45) is 0 Å². The lowest BCUT2D eigenvalue weighted by Crippen LogP contribution is -2.40. The van der Waals surface area contributed by atoms with E-state index in [-0.39, 0.29) is 12.5 Å². The summed E-state index contributed by atoms with van der Waals surface area (Å²) in [4.78, 5) is 14.7. The molecule has 1 saturated heterocycles. The van der Waals surface area contributed by atoms with Crippen LogP contribution in [0.3, 0.4) is 0 Å². The third-order valence-corrected chi connectivity index (χ3v) is 6.31. The van der Waals surface area contributed by atoms with E-state index >= 15 is 0 Å². The van der Waals surface area contributed by atoms with Crippen LogP contribution in [0.5, 0.6) is 0 Å². The summed E-state index contributed by atoms with van der Waals surface area (Å²) in [5.74, 6) is -0.353. The monoisotopic (exact) mass is 465 g/mol. The van der Waals surface area contributed by atoms with Crippen LogP contribution in [0.1, 0.15) is 18.4 Å². The number of hydrogen-bond donors (Lipinski definition) is 1. The Morgan fingerprint density at radius 2 is 1.82 bits per heavy atom. The van der Waals surface area contributed by atoms with Crippen LogP contribution in [0.4, 0.5) is 11.4 Å². The SMILES string of the molecule is CS(=O)(=O)N(CC(=O)NCc1ccc(N2CCCC2)cc1)c1cccc(Br)c1. The lowest BCUT2D eigenvalue weighted by atomic mass is 10.2. The van der Waals surface area contributed by atoms with E-state index in [9.17, 15) is 13.2 Å². The van der Waals surface area contributed by atoms with Crippen molar-refractivity contribution in [1.82, 2.24) is 5.32 Å². The zero-order valence-electron chi connectivity index (χ0n) is 15.8. The molecule has 0 radical (unpaired) electrons. The Hall–Kier alpha value is -2.06. The number of nitrogens with one attached hydrogen (secondary N) is 1. The quantitative estimate of drug-likeness (QED) is 0.681. The molecular formula is C20H24BrN3O3S. The molecule has 1 heterocycles. The van der Waals surface area contributed by atoms with Crippen molar-refractivity contribution < 1.29 is 13.2 Å². The maximum Gasteiger partial charge on any atom is 0.241 e. The van der Waals surface area contributed by atoms with Crippen LogP contribution in [0.2, 0.25) is 0 Å². The molecule has 0 spiro atoms. The van der Waals surface area contributed by atoms with E-state index in [4.69, 9.17) is 0 Å². The van der Waals surface area contributed by atoms with Gasteiger partial charge in [-0.2, -0.15) is 0 Å². The maximum atomic E-state index is 12.4. The van der Waals surface area contributed by atoms with E-state index in [2.05, 4.69) is 38.3 Å². The highest BCUT2D eigenvalue weighted by Gasteiger charge is 2.21. The van der Waals surface area contributed by atoms with Crippen LogP contribution in [-0.4, -0.2) is 40.2 Å². The molecule has 0 aliphatic carbocycles. The molecule has 0 unspecified atom stereocenters. The number of amides is 1. The van der Waals surface area contributed by atoms with E-state index in [0.717, 1.165) is 33.7 Å². The Kier molecular flexibility index (Phi) is 6.61. The third kappa shape index (κ3) is 5.48. The molecule has 1 N–H and O–H groups in total. The zero-order valence-corrected chi connectivity index (χ0v) is 18.2. The first kappa shape index (κ1) is 20.7. The molecule has 2 aromatic rings. The summed E-state index contributed by atoms with van der Waals surface area (Å²) in [5.41, 5.74) is 2.62. The van der Waals surface area contributed by atoms with Crippen LogP contribution in [0, 0.1) is 0 Å². The number of halogens is 1. The van der Waals surface area contributed by atoms with E-state index in [1.807, 2.05) is 12.1 Å². The van der Waals surface area contributed by atoms with Crippen LogP contribution in [-0.2, 0) is 21.4 Å². The van der Waals surface area contributed by atoms with Gasteiger partial charge in [-0.1, -0.05) is 34.1 Å². The average Bonchev–Trinajstić information content (AvgIpc) is 3.18. The Labute approximate surface area is 174 Å². The highest BCUT2D eigenvalue weighted by Crippen LogP contribution is 2.22. The summed E-state index contributed by atoms with van der Waals surface area (Å²) in [6, 6.07) is 15.0. The standard InChI is InChI=1S/C20H24BrN3O3S/c1-28(26,27)24(19-6-4-5-17(21)13-19)15-20(25)22-14-16-7-9-18(10-8-16)23-11-2-3-12-23/h4-10,13H,2-3,11-12,14-15H2,1H3,(H,22,25). The summed E-state index contributed by atoms with van der Waals surface area (Å²) >= 11 is 3.33. The largest absolute Gasteiger partial charge is 0.372 e. The minimum absolute atomic E-state index is 0.263. The summed E-state index contributed by atoms with van der Waals surface area (Å²) < 4.78 is 26.1. The molecule has 0 saturated carbocycles. The topological polar surface area (TPSA) is 69.7 Å². The second kappa shape index (κ2) is 8.96. The minimum atomic E-state index is -3.58. The molecule has 1 aliphatic heterocycles. The number of carbonyl (C=O) groups is 1. The first-order valence-corrected chi connectivity index (χ1v) is 11.8. The molecule has 3 rings (SSSR count). The van der Waals surface area contributed by atoms with E-state index < -0.39 is 10.0 Å². The second-order valence-electron chi connectivity index (χ2n) is 6.89. The van der Waals surface area contributed by atoms with Crippen molar-refractivity contribution >= 4 is 43.2 Å². The van der Waals surface area contributed by atoms with Gasteiger partial charge in [0.25, 0.3) is 0 Å². The smallest absolute Gasteiger partial charge is 0.241 e. The molecule has 0 atom stereocenters. The fraction of sp³-hybridized carbons (Fsp3) is 0.350. The van der Waals surface area contributed by atoms with Crippen molar-refractivity contribution in [2.45, 2.75) is 19.4 Å². The summed E-state index contributed by atoms with van der Waals surface area (Å²) in [5, 5.41) is 2.80. The van der Waals surface area contributed by atoms with E-state index in [1.165, 1.54) is 18.5 Å². The van der Waals surface area contributed by atoms with Gasteiger partial charge in [0.15, 0.2) is 0 Å². The number of rotatable bonds is 7. The highest BCUT2D eigenvalue weighted by atomic mass is 79.9. The molecule has 0 aromatic heterocycles. The summed E-state index contributed by atoms with van der Waals surface area (Å²) in [6.07, 6.45) is 3.55. The number of carbonyl (C=O) groups excluding carboxylic acids is 1. The average molecular weight is 466 g/mol. The van der Waals surface area contributed by atoms with Crippen molar-refractivity contribution in [1.29, 1.82) is 0 Å². The van der Waals surface area contributed by atoms with Crippen molar-refractivity contribution in [3.8, 4) is 0 Å². The van der Waals surface area contributed by atoms with Crippen molar-refractivity contribution in [3.05, 3.63) is 58.6 Å². The van der Waals surface area contributed by atoms with Gasteiger partial charge in [-0.05, 0) is 48.7 Å². The normalized spacial score (nSPS) is 14.1. The molecule has 150 valence electrons. The van der Waals surface area contributed by atoms with Gasteiger partial charge >= 0.3 is 0 Å². The Bertz CT molecular complexity index is 926. The van der Waals surface area contributed by atoms with E-state index in [0.29, 0.717) is 12.2 Å². The predicted molar refractivity (Wildman–Crippen MR) is 116 cm³/mol. The fourth-order valence-corrected chi connectivity index (χ4v) is 4.45. The number of nitrogens with zero attached hydrogens (tertiary/aromatic N) is 2. The van der Waals surface area contributed by atoms with Crippen LogP contribution in [0.15, 0.2) is 53.0 Å². The first-order valence-electron chi connectivity index (χ1n) is 9.17. The minimum Gasteiger partial charge on any atom is -0.372 e. The zero-order chi connectivity index (χ0) is 20.1. The van der Waals surface area contributed by atoms with Crippen molar-refractivity contribution in [2.75, 3.05) is 35.1 Å². The molecule has 1 aliphatic rings. The van der Waals surface area contributed by atoms with Crippen molar-refractivity contribution in [3.63, 3.8) is 0 Å². The van der Waals surface area contributed by atoms with Gasteiger partial charge in [0.1, 0.15) is 6.54 Å². The van der Waals surface area contributed by atoms with E-state index in [1.54, 1.807) is 24.3 Å². The third-order valence-electron chi connectivity index (χ3n) is 4.68. The molecule has 28 heavy (non-hydrogen) atoms. The Morgan fingerprint density at radius 3 is 2.43 bits per heavy atom. The van der Waals surface area contributed by atoms with Crippen LogP contribution in [0.25, 0.3) is 0 Å². The van der Waals surface area contributed by atoms with Gasteiger partial charge in [-0.15, -0.1) is 0 Å². The summed E-state index contributed by atoms with van der Waals surface area (Å²) in [7, 11) is -3.58. The van der Waals surface area contributed by atoms with Gasteiger partial charge in [-0.25, -0.2) is 8.42 Å². The molecule has 1 amide bonds. The molecular weight excluding hydrogens is 442 g/mol. The van der Waals surface area contributed by atoms with Gasteiger partial charge in [0.2, 0.25) is 15.9 Å². The second-order valence-corrected chi connectivity index (χ2v) is 9.71. The fourth-order valence-electron chi connectivity index (χ4n) is 3.22. The molecule has 0 bridgehead atoms. The molecule has 6 nitrogen and oxygen atoms in total. The lowest BCUT2D eigenvalue weighted by molar-refractivity contribution is -0.119. The number of benzene rings is 2. The number of sulfonamides is 1. The number of anilines is 2. The molecule has 8 heteroatoms. The lowest BCUT2D eigenvalue weighted by Gasteiger charge is -2.22. The maximum absolute atomic E-state index is 12.4. The Morgan fingerprint density at radius 1 is 1.14 bits per heavy atom. The first-order chi connectivity index (χ1) is 13.3. The number of hydrogen-bond acceptors (Lipinski definition) is 4. The highest BCUT2D eigenvalue weighted by molar-refractivity contribution is 9.10. The van der Waals surface area contributed by atoms with Gasteiger partial charge in [0, 0.05) is 29.8 Å². The molecule has 2 aromatic carbocycles. The predicted octanol–water partition coefficient (Wildman–Crippen LogP) is 3.13. The van der Waals surface area contributed by atoms with Gasteiger partial charge < -0.3 is 10.2 Å². The van der Waals surface area contributed by atoms with Gasteiger partial charge in [-0.3, -0.25) is 9.10 Å². The van der Waals surface area contributed by atoms with Gasteiger partial charge in [0.05, 0.1) is 11.9 Å². The van der Waals surface area contributed by atoms with Crippen LogP contribution < -0.4 is 14.5 Å². The van der Waals surface area contributed by atoms with Crippen LogP contribution >= 0.6 is 15.9 Å².